The van der Waals surface area contributed by atoms with Crippen molar-refractivity contribution in [3.63, 3.8) is 0 Å². The first-order valence-electron chi connectivity index (χ1n) is 6.72. The van der Waals surface area contributed by atoms with E-state index in [2.05, 4.69) is 19.9 Å². The number of hydrogen-bond donors (Lipinski definition) is 1. The first-order chi connectivity index (χ1) is 8.20. The third kappa shape index (κ3) is 2.93. The van der Waals surface area contributed by atoms with Crippen LogP contribution >= 0.6 is 0 Å². The highest BCUT2D eigenvalue weighted by atomic mass is 16.5. The lowest BCUT2D eigenvalue weighted by atomic mass is 9.98. The number of fused-ring (bicyclic) bond motifs is 1. The molecule has 1 aromatic rings. The number of rotatable bonds is 4. The Kier molecular flexibility index (Phi) is 3.93. The van der Waals surface area contributed by atoms with Crippen LogP contribution < -0.4 is 4.74 Å². The molecule has 2 heteroatoms. The van der Waals surface area contributed by atoms with Crippen molar-refractivity contribution >= 4 is 0 Å². The van der Waals surface area contributed by atoms with E-state index < -0.39 is 0 Å². The molecule has 0 bridgehead atoms. The summed E-state index contributed by atoms with van der Waals surface area (Å²) in [6.45, 7) is 4.29. The second kappa shape index (κ2) is 5.44. The molecule has 1 aliphatic heterocycles. The van der Waals surface area contributed by atoms with Crippen LogP contribution in [-0.2, 0) is 12.8 Å². The molecule has 0 unspecified atom stereocenters. The van der Waals surface area contributed by atoms with E-state index in [0.717, 1.165) is 30.6 Å². The van der Waals surface area contributed by atoms with Crippen LogP contribution in [0.2, 0.25) is 0 Å². The van der Waals surface area contributed by atoms with Gasteiger partial charge in [-0.1, -0.05) is 19.8 Å². The molecule has 0 saturated carbocycles. The van der Waals surface area contributed by atoms with E-state index in [1.54, 1.807) is 0 Å². The highest BCUT2D eigenvalue weighted by Gasteiger charge is 2.19. The molecular weight excluding hydrogens is 212 g/mol. The number of unbranched alkanes of at least 4 members (excludes halogenated alkanes) is 2. The molecule has 0 aliphatic carbocycles. The molecule has 17 heavy (non-hydrogen) atoms. The summed E-state index contributed by atoms with van der Waals surface area (Å²) in [5.74, 6) is 1.32. The van der Waals surface area contributed by atoms with Gasteiger partial charge < -0.3 is 9.84 Å². The number of ether oxygens (including phenoxy) is 1. The van der Waals surface area contributed by atoms with Crippen molar-refractivity contribution in [2.45, 2.75) is 58.5 Å². The number of benzene rings is 1. The maximum Gasteiger partial charge on any atom is 0.126 e. The minimum atomic E-state index is 0.271. The zero-order chi connectivity index (χ0) is 12.3. The summed E-state index contributed by atoms with van der Waals surface area (Å²) in [6.07, 6.45) is 6.89. The smallest absolute Gasteiger partial charge is 0.126 e. The minimum absolute atomic E-state index is 0.271. The fourth-order valence-corrected chi connectivity index (χ4v) is 2.39. The van der Waals surface area contributed by atoms with Crippen molar-refractivity contribution in [2.24, 2.45) is 0 Å². The first-order valence-corrected chi connectivity index (χ1v) is 6.72. The average molecular weight is 234 g/mol. The van der Waals surface area contributed by atoms with E-state index in [-0.39, 0.29) is 6.10 Å². The summed E-state index contributed by atoms with van der Waals surface area (Å²) in [6, 6.07) is 4.02. The number of aromatic hydroxyl groups is 1. The van der Waals surface area contributed by atoms with Gasteiger partial charge in [-0.15, -0.1) is 0 Å². The SMILES string of the molecule is CCCCCc1cc(O)c2c(c1)O[C@H](C)CC2. The predicted molar refractivity (Wildman–Crippen MR) is 69.7 cm³/mol. The summed E-state index contributed by atoms with van der Waals surface area (Å²) in [5.41, 5.74) is 2.19. The first kappa shape index (κ1) is 12.3. The maximum atomic E-state index is 10.00. The van der Waals surface area contributed by atoms with Crippen molar-refractivity contribution < 1.29 is 9.84 Å². The molecule has 0 spiro atoms. The summed E-state index contributed by atoms with van der Waals surface area (Å²) in [7, 11) is 0. The van der Waals surface area contributed by atoms with Gasteiger partial charge in [-0.05, 0) is 50.3 Å². The van der Waals surface area contributed by atoms with Gasteiger partial charge in [-0.2, -0.15) is 0 Å². The molecule has 2 rings (SSSR count). The van der Waals surface area contributed by atoms with Crippen LogP contribution in [0.3, 0.4) is 0 Å². The summed E-state index contributed by atoms with van der Waals surface area (Å²) < 4.78 is 5.80. The van der Waals surface area contributed by atoms with E-state index >= 15 is 0 Å². The highest BCUT2D eigenvalue weighted by Crippen LogP contribution is 2.35. The van der Waals surface area contributed by atoms with Crippen LogP contribution in [0.25, 0.3) is 0 Å². The molecule has 94 valence electrons. The standard InChI is InChI=1S/C15H22O2/c1-3-4-5-6-12-9-14(16)13-8-7-11(2)17-15(13)10-12/h9-11,16H,3-8H2,1-2H3/t11-/m1/s1. The number of phenols is 1. The Bertz CT molecular complexity index is 385. The Morgan fingerprint density at radius 2 is 2.18 bits per heavy atom. The van der Waals surface area contributed by atoms with Gasteiger partial charge in [-0.25, -0.2) is 0 Å². The Hall–Kier alpha value is -1.18. The van der Waals surface area contributed by atoms with Crippen LogP contribution in [0.1, 0.15) is 50.7 Å². The average Bonchev–Trinajstić information content (AvgIpc) is 2.28. The maximum absolute atomic E-state index is 10.00. The predicted octanol–water partition coefficient (Wildman–Crippen LogP) is 3.84. The van der Waals surface area contributed by atoms with Gasteiger partial charge in [0.15, 0.2) is 0 Å². The molecule has 2 nitrogen and oxygen atoms in total. The second-order valence-electron chi connectivity index (χ2n) is 5.02. The molecule has 0 radical (unpaired) electrons. The van der Waals surface area contributed by atoms with Crippen molar-refractivity contribution in [1.82, 2.24) is 0 Å². The van der Waals surface area contributed by atoms with Crippen molar-refractivity contribution in [3.05, 3.63) is 23.3 Å². The fraction of sp³-hybridized carbons (Fsp3) is 0.600. The van der Waals surface area contributed by atoms with Crippen LogP contribution in [0.15, 0.2) is 12.1 Å². The molecule has 1 atom stereocenters. The van der Waals surface area contributed by atoms with E-state index in [9.17, 15) is 5.11 Å². The zero-order valence-corrected chi connectivity index (χ0v) is 10.8. The lowest BCUT2D eigenvalue weighted by Crippen LogP contribution is -2.19. The molecule has 0 saturated heterocycles. The topological polar surface area (TPSA) is 29.5 Å². The minimum Gasteiger partial charge on any atom is -0.508 e. The van der Waals surface area contributed by atoms with Gasteiger partial charge in [0.05, 0.1) is 6.10 Å². The number of phenolic OH excluding ortho intramolecular Hbond substituents is 1. The summed E-state index contributed by atoms with van der Waals surface area (Å²) in [4.78, 5) is 0. The fourth-order valence-electron chi connectivity index (χ4n) is 2.39. The lowest BCUT2D eigenvalue weighted by Gasteiger charge is -2.24. The monoisotopic (exact) mass is 234 g/mol. The van der Waals surface area contributed by atoms with Gasteiger partial charge >= 0.3 is 0 Å². The van der Waals surface area contributed by atoms with Gasteiger partial charge in [-0.3, -0.25) is 0 Å². The quantitative estimate of drug-likeness (QED) is 0.802. The van der Waals surface area contributed by atoms with E-state index in [0.29, 0.717) is 5.75 Å². The summed E-state index contributed by atoms with van der Waals surface area (Å²) >= 11 is 0. The van der Waals surface area contributed by atoms with E-state index in [4.69, 9.17) is 4.74 Å². The zero-order valence-electron chi connectivity index (χ0n) is 10.8. The summed E-state index contributed by atoms with van der Waals surface area (Å²) in [5, 5.41) is 10.00. The Morgan fingerprint density at radius 3 is 2.94 bits per heavy atom. The molecular formula is C15H22O2. The normalized spacial score (nSPS) is 18.6. The van der Waals surface area contributed by atoms with Gasteiger partial charge in [0.1, 0.15) is 11.5 Å². The van der Waals surface area contributed by atoms with Crippen LogP contribution in [0.4, 0.5) is 0 Å². The molecule has 1 aromatic carbocycles. The molecule has 1 N–H and O–H groups in total. The van der Waals surface area contributed by atoms with Gasteiger partial charge in [0, 0.05) is 5.56 Å². The Balaban J connectivity index is 2.14. The van der Waals surface area contributed by atoms with Crippen molar-refractivity contribution in [1.29, 1.82) is 0 Å². The highest BCUT2D eigenvalue weighted by molar-refractivity contribution is 5.48. The second-order valence-corrected chi connectivity index (χ2v) is 5.02. The third-order valence-corrected chi connectivity index (χ3v) is 3.44. The number of hydrogen-bond acceptors (Lipinski definition) is 2. The van der Waals surface area contributed by atoms with Crippen molar-refractivity contribution in [2.75, 3.05) is 0 Å². The molecule has 1 heterocycles. The Morgan fingerprint density at radius 1 is 1.35 bits per heavy atom. The number of aryl methyl sites for hydroxylation is 1. The van der Waals surface area contributed by atoms with Crippen LogP contribution in [-0.4, -0.2) is 11.2 Å². The molecule has 0 amide bonds. The van der Waals surface area contributed by atoms with Gasteiger partial charge in [0.2, 0.25) is 0 Å². The largest absolute Gasteiger partial charge is 0.508 e. The molecule has 1 aliphatic rings. The molecule has 0 aromatic heterocycles. The van der Waals surface area contributed by atoms with Gasteiger partial charge in [0.25, 0.3) is 0 Å². The van der Waals surface area contributed by atoms with Crippen LogP contribution in [0, 0.1) is 0 Å². The lowest BCUT2D eigenvalue weighted by molar-refractivity contribution is 0.190. The third-order valence-electron chi connectivity index (χ3n) is 3.44. The van der Waals surface area contributed by atoms with Crippen LogP contribution in [0.5, 0.6) is 11.5 Å². The van der Waals surface area contributed by atoms with E-state index in [1.165, 1.54) is 24.8 Å². The van der Waals surface area contributed by atoms with E-state index in [1.807, 2.05) is 6.07 Å². The Labute approximate surface area is 104 Å². The van der Waals surface area contributed by atoms with Crippen molar-refractivity contribution in [3.8, 4) is 11.5 Å². The molecule has 0 fully saturated rings.